The predicted octanol–water partition coefficient (Wildman–Crippen LogP) is 0.611. The molecule has 0 aromatic heterocycles. The molecule has 1 aliphatic rings. The van der Waals surface area contributed by atoms with Gasteiger partial charge in [-0.3, -0.25) is 0 Å². The zero-order chi connectivity index (χ0) is 15.1. The molecule has 1 saturated carbocycles. The Morgan fingerprint density at radius 1 is 1.15 bits per heavy atom. The monoisotopic (exact) mass is 318 g/mol. The van der Waals surface area contributed by atoms with Crippen molar-refractivity contribution in [1.29, 1.82) is 0 Å². The highest BCUT2D eigenvalue weighted by molar-refractivity contribution is 7.89. The van der Waals surface area contributed by atoms with E-state index in [0.717, 1.165) is 6.42 Å². The fourth-order valence-corrected chi connectivity index (χ4v) is 3.81. The maximum Gasteiger partial charge on any atom is 0.242 e. The molecule has 0 heterocycles. The van der Waals surface area contributed by atoms with Gasteiger partial charge in [0.25, 0.3) is 0 Å². The minimum atomic E-state index is -3.81. The second-order valence-electron chi connectivity index (χ2n) is 5.28. The third kappa shape index (κ3) is 3.20. The summed E-state index contributed by atoms with van der Waals surface area (Å²) >= 11 is 0. The van der Waals surface area contributed by atoms with Crippen molar-refractivity contribution in [3.63, 3.8) is 0 Å². The van der Waals surface area contributed by atoms with Crippen LogP contribution in [0.3, 0.4) is 0 Å². The number of benzene rings is 1. The van der Waals surface area contributed by atoms with Crippen LogP contribution in [0.2, 0.25) is 0 Å². The molecule has 2 rings (SSSR count). The quantitative estimate of drug-likeness (QED) is 0.860. The molecule has 0 bridgehead atoms. The van der Waals surface area contributed by atoms with Gasteiger partial charge in [-0.2, -0.15) is 0 Å². The molecule has 0 saturated heterocycles. The van der Waals surface area contributed by atoms with Gasteiger partial charge in [0.2, 0.25) is 20.0 Å². The topological polar surface area (TPSA) is 97.5 Å². The first-order chi connectivity index (χ1) is 9.12. The Balaban J connectivity index is 2.21. The molecule has 0 aliphatic heterocycles. The van der Waals surface area contributed by atoms with Crippen molar-refractivity contribution >= 4 is 20.0 Å². The lowest BCUT2D eigenvalue weighted by molar-refractivity contribution is 0.444. The average Bonchev–Trinajstić information content (AvgIpc) is 3.04. The van der Waals surface area contributed by atoms with Crippen LogP contribution in [0.1, 0.15) is 13.3 Å². The molecule has 8 heteroatoms. The summed E-state index contributed by atoms with van der Waals surface area (Å²) in [5, 5.41) is 4.98. The van der Waals surface area contributed by atoms with Gasteiger partial charge in [-0.25, -0.2) is 26.3 Å². The largest absolute Gasteiger partial charge is 0.242 e. The highest BCUT2D eigenvalue weighted by Gasteiger charge is 2.36. The van der Waals surface area contributed by atoms with Crippen LogP contribution in [0.5, 0.6) is 0 Å². The average molecular weight is 318 g/mol. The zero-order valence-electron chi connectivity index (χ0n) is 11.4. The van der Waals surface area contributed by atoms with E-state index < -0.39 is 20.0 Å². The van der Waals surface area contributed by atoms with Gasteiger partial charge in [0.05, 0.1) is 9.79 Å². The Morgan fingerprint density at radius 2 is 1.60 bits per heavy atom. The molecule has 20 heavy (non-hydrogen) atoms. The van der Waals surface area contributed by atoms with Crippen LogP contribution in [-0.2, 0) is 20.0 Å². The molecule has 1 aromatic carbocycles. The van der Waals surface area contributed by atoms with Gasteiger partial charge in [0, 0.05) is 13.6 Å². The van der Waals surface area contributed by atoms with Gasteiger partial charge in [0.15, 0.2) is 0 Å². The van der Waals surface area contributed by atoms with E-state index in [4.69, 9.17) is 5.14 Å². The first-order valence-corrected chi connectivity index (χ1v) is 9.20. The van der Waals surface area contributed by atoms with Crippen LogP contribution in [-0.4, -0.2) is 34.7 Å². The van der Waals surface area contributed by atoms with Crippen molar-refractivity contribution in [2.45, 2.75) is 23.1 Å². The molecular formula is C12H18N2O4S2. The fourth-order valence-electron chi connectivity index (χ4n) is 2.06. The first kappa shape index (κ1) is 15.4. The maximum absolute atomic E-state index is 12.3. The Morgan fingerprint density at radius 3 is 2.00 bits per heavy atom. The highest BCUT2D eigenvalue weighted by Crippen LogP contribution is 2.38. The van der Waals surface area contributed by atoms with E-state index in [1.807, 2.05) is 0 Å². The number of sulfonamides is 2. The Hall–Kier alpha value is -0.960. The lowest BCUT2D eigenvalue weighted by Gasteiger charge is -2.17. The second kappa shape index (κ2) is 5.10. The number of hydrogen-bond donors (Lipinski definition) is 1. The van der Waals surface area contributed by atoms with E-state index >= 15 is 0 Å². The molecule has 2 atom stereocenters. The maximum atomic E-state index is 12.3. The summed E-state index contributed by atoms with van der Waals surface area (Å²) in [6.45, 7) is 2.58. The third-order valence-electron chi connectivity index (χ3n) is 3.63. The van der Waals surface area contributed by atoms with Crippen LogP contribution in [0.25, 0.3) is 0 Å². The number of nitrogens with two attached hydrogens (primary N) is 1. The molecule has 2 unspecified atom stereocenters. The first-order valence-electron chi connectivity index (χ1n) is 6.21. The molecule has 2 N–H and O–H groups in total. The summed E-state index contributed by atoms with van der Waals surface area (Å²) in [7, 11) is -5.86. The van der Waals surface area contributed by atoms with Gasteiger partial charge in [-0.15, -0.1) is 0 Å². The van der Waals surface area contributed by atoms with Gasteiger partial charge in [-0.1, -0.05) is 6.92 Å². The molecule has 0 radical (unpaired) electrons. The molecule has 0 spiro atoms. The van der Waals surface area contributed by atoms with Gasteiger partial charge in [-0.05, 0) is 42.5 Å². The van der Waals surface area contributed by atoms with E-state index in [0.29, 0.717) is 18.4 Å². The van der Waals surface area contributed by atoms with Gasteiger partial charge < -0.3 is 0 Å². The molecular weight excluding hydrogens is 300 g/mol. The third-order valence-corrected chi connectivity index (χ3v) is 6.40. The predicted molar refractivity (Wildman–Crippen MR) is 74.9 cm³/mol. The second-order valence-corrected chi connectivity index (χ2v) is 8.88. The van der Waals surface area contributed by atoms with E-state index in [-0.39, 0.29) is 9.79 Å². The molecule has 1 aromatic rings. The van der Waals surface area contributed by atoms with E-state index in [2.05, 4.69) is 6.92 Å². The Kier molecular flexibility index (Phi) is 3.94. The van der Waals surface area contributed by atoms with Gasteiger partial charge in [0.1, 0.15) is 0 Å². The van der Waals surface area contributed by atoms with Crippen molar-refractivity contribution in [1.82, 2.24) is 4.31 Å². The van der Waals surface area contributed by atoms with Crippen LogP contribution >= 0.6 is 0 Å². The fraction of sp³-hybridized carbons (Fsp3) is 0.500. The van der Waals surface area contributed by atoms with Crippen molar-refractivity contribution in [2.24, 2.45) is 17.0 Å². The Labute approximate surface area is 119 Å². The zero-order valence-corrected chi connectivity index (χ0v) is 13.0. The number of rotatable bonds is 5. The van der Waals surface area contributed by atoms with Crippen molar-refractivity contribution in [2.75, 3.05) is 13.6 Å². The molecule has 1 fully saturated rings. The van der Waals surface area contributed by atoms with Crippen molar-refractivity contribution < 1.29 is 16.8 Å². The van der Waals surface area contributed by atoms with E-state index in [9.17, 15) is 16.8 Å². The summed E-state index contributed by atoms with van der Waals surface area (Å²) in [5.41, 5.74) is 0. The summed E-state index contributed by atoms with van der Waals surface area (Å²) in [6, 6.07) is 4.94. The lowest BCUT2D eigenvalue weighted by Crippen LogP contribution is -2.29. The SMILES string of the molecule is CC1CC1CN(C)S(=O)(=O)c1ccc(S(N)(=O)=O)cc1. The summed E-state index contributed by atoms with van der Waals surface area (Å²) < 4.78 is 48.2. The smallest absolute Gasteiger partial charge is 0.225 e. The number of nitrogens with zero attached hydrogens (tertiary/aromatic N) is 1. The van der Waals surface area contributed by atoms with Gasteiger partial charge >= 0.3 is 0 Å². The molecule has 1 aliphatic carbocycles. The lowest BCUT2D eigenvalue weighted by atomic mass is 10.3. The normalized spacial score (nSPS) is 23.0. The minimum absolute atomic E-state index is 0.0701. The number of primary sulfonamides is 1. The minimum Gasteiger partial charge on any atom is -0.225 e. The van der Waals surface area contributed by atoms with Crippen molar-refractivity contribution in [3.8, 4) is 0 Å². The van der Waals surface area contributed by atoms with Crippen LogP contribution < -0.4 is 5.14 Å². The highest BCUT2D eigenvalue weighted by atomic mass is 32.2. The summed E-state index contributed by atoms with van der Waals surface area (Å²) in [5.74, 6) is 0.982. The summed E-state index contributed by atoms with van der Waals surface area (Å²) in [4.78, 5) is -0.0318. The van der Waals surface area contributed by atoms with Crippen LogP contribution in [0.15, 0.2) is 34.1 Å². The van der Waals surface area contributed by atoms with Crippen LogP contribution in [0.4, 0.5) is 0 Å². The van der Waals surface area contributed by atoms with Crippen molar-refractivity contribution in [3.05, 3.63) is 24.3 Å². The number of hydrogen-bond acceptors (Lipinski definition) is 4. The van der Waals surface area contributed by atoms with E-state index in [1.54, 1.807) is 0 Å². The summed E-state index contributed by atoms with van der Waals surface area (Å²) in [6.07, 6.45) is 1.05. The molecule has 0 amide bonds. The standard InChI is InChI=1S/C12H18N2O4S2/c1-9-7-10(9)8-14(2)20(17,18)12-5-3-11(4-6-12)19(13,15)16/h3-6,9-10H,7-8H2,1-2H3,(H2,13,15,16). The molecule has 112 valence electrons. The molecule has 6 nitrogen and oxygen atoms in total. The van der Waals surface area contributed by atoms with E-state index in [1.165, 1.54) is 35.6 Å². The Bertz CT molecular complexity index is 695. The van der Waals surface area contributed by atoms with Crippen LogP contribution in [0, 0.1) is 11.8 Å².